The Morgan fingerprint density at radius 3 is 1.21 bits per heavy atom. The van der Waals surface area contributed by atoms with Gasteiger partial charge in [0.25, 0.3) is 11.1 Å². The lowest BCUT2D eigenvalue weighted by atomic mass is 9.89. The van der Waals surface area contributed by atoms with Crippen molar-refractivity contribution in [3.05, 3.63) is 184 Å². The number of amides is 1. The third-order valence-electron chi connectivity index (χ3n) is 17.7. The van der Waals surface area contributed by atoms with Crippen LogP contribution in [0.1, 0.15) is 171 Å². The fourth-order valence-corrected chi connectivity index (χ4v) is 12.6. The van der Waals surface area contributed by atoms with E-state index in [1.807, 2.05) is 9.80 Å². The quantitative estimate of drug-likeness (QED) is 0.0363. The van der Waals surface area contributed by atoms with Gasteiger partial charge in [-0.25, -0.2) is 22.4 Å². The second-order valence-electron chi connectivity index (χ2n) is 26.8. The zero-order chi connectivity index (χ0) is 78.7. The highest BCUT2D eigenvalue weighted by atomic mass is 19.4. The summed E-state index contributed by atoms with van der Waals surface area (Å²) in [6, 6.07) is 3.10. The molecular formula is C74H84F16N6O9. The van der Waals surface area contributed by atoms with Crippen molar-refractivity contribution in [3.8, 4) is 22.3 Å². The number of aryl methyl sites for hydroxylation is 4. The Balaban J connectivity index is 0.000000273. The van der Waals surface area contributed by atoms with Crippen LogP contribution < -0.4 is 22.2 Å². The maximum Gasteiger partial charge on any atom is 0.419 e. The molecule has 576 valence electrons. The van der Waals surface area contributed by atoms with E-state index in [9.17, 15) is 99.7 Å². The Morgan fingerprint density at radius 1 is 0.514 bits per heavy atom. The van der Waals surface area contributed by atoms with Gasteiger partial charge in [-0.2, -0.15) is 52.7 Å². The van der Waals surface area contributed by atoms with E-state index in [2.05, 4.69) is 5.32 Å². The maximum atomic E-state index is 16.0. The second kappa shape index (κ2) is 35.7. The average molecular weight is 1510 g/mol. The molecule has 1 amide bonds. The van der Waals surface area contributed by atoms with Crippen molar-refractivity contribution in [2.75, 3.05) is 52.5 Å². The van der Waals surface area contributed by atoms with Crippen LogP contribution in [0.5, 0.6) is 0 Å². The van der Waals surface area contributed by atoms with Gasteiger partial charge in [-0.05, 0) is 222 Å². The molecule has 2 aliphatic heterocycles. The molecule has 31 heteroatoms. The summed E-state index contributed by atoms with van der Waals surface area (Å²) in [6.07, 6.45) is -17.0. The van der Waals surface area contributed by atoms with Crippen LogP contribution in [0.25, 0.3) is 22.3 Å². The fraction of sp³-hybridized carbons (Fsp3) is 0.486. The van der Waals surface area contributed by atoms with Gasteiger partial charge in [0.15, 0.2) is 0 Å². The average Bonchev–Trinajstić information content (AvgIpc) is 0.776. The lowest BCUT2D eigenvalue weighted by molar-refractivity contribution is -0.145. The predicted octanol–water partition coefficient (Wildman–Crippen LogP) is 16.1. The first-order chi connectivity index (χ1) is 48.7. The lowest BCUT2D eigenvalue weighted by Gasteiger charge is -2.31. The van der Waals surface area contributed by atoms with Crippen LogP contribution >= 0.6 is 0 Å². The van der Waals surface area contributed by atoms with E-state index in [-0.39, 0.29) is 96.2 Å². The lowest BCUT2D eigenvalue weighted by Crippen LogP contribution is -2.41. The van der Waals surface area contributed by atoms with Gasteiger partial charge in [0.1, 0.15) is 35.4 Å². The molecule has 4 aromatic carbocycles. The van der Waals surface area contributed by atoms with Gasteiger partial charge in [-0.3, -0.25) is 24.0 Å². The molecule has 0 spiro atoms. The molecular weight excluding hydrogens is 1420 g/mol. The number of halogens is 16. The molecule has 4 atom stereocenters. The van der Waals surface area contributed by atoms with E-state index in [0.717, 1.165) is 65.7 Å². The number of aromatic nitrogens is 2. The van der Waals surface area contributed by atoms with Crippen LogP contribution in [0.2, 0.25) is 0 Å². The molecule has 2 fully saturated rings. The molecule has 2 aromatic heterocycles. The van der Waals surface area contributed by atoms with Crippen molar-refractivity contribution in [1.82, 2.24) is 24.3 Å². The van der Waals surface area contributed by atoms with Gasteiger partial charge in [-0.15, -0.1) is 0 Å². The van der Waals surface area contributed by atoms with E-state index in [1.54, 1.807) is 48.5 Å². The number of carboxylic acids is 1. The first kappa shape index (κ1) is 85.3. The zero-order valence-corrected chi connectivity index (χ0v) is 59.3. The first-order valence-electron chi connectivity index (χ1n) is 33.8. The molecule has 4 heterocycles. The number of carbonyl (C=O) groups is 4. The number of ether oxygens (including phenoxy) is 2. The monoisotopic (exact) mass is 1500 g/mol. The van der Waals surface area contributed by atoms with E-state index >= 15 is 4.39 Å². The number of pyridine rings is 2. The summed E-state index contributed by atoms with van der Waals surface area (Å²) in [5.41, 5.74) is -1.45. The number of carbonyl (C=O) groups excluding carboxylic acids is 3. The Morgan fingerprint density at radius 2 is 0.867 bits per heavy atom. The maximum absolute atomic E-state index is 16.0. The molecule has 2 aliphatic rings. The summed E-state index contributed by atoms with van der Waals surface area (Å²) in [5, 5.41) is 11.8. The number of rotatable bonds is 25. The number of alkyl halides is 12. The SMILES string of the molecule is CC(C)CC(C(=O)O)n1cc(CCN2CCC2)c(C(F)(F)F)cc1=O.CCOC(=O)C[C@H](N)c1cc(-c2c(C)cc(F)cc2C)cc(C(F)(F)F)c1F.CCOC(=O)C[C@H](NC(=O)C(CC(C)C)n1cc(CCN2CCC2)c(C(F)(F)F)cc1=O)c1cc(-c2c(C)cc(F)cc2C)cc(C(F)(F)F)c1F. The number of benzene rings is 4. The van der Waals surface area contributed by atoms with Crippen LogP contribution in [-0.2, 0) is 66.2 Å². The summed E-state index contributed by atoms with van der Waals surface area (Å²) in [6.45, 7) is 19.7. The summed E-state index contributed by atoms with van der Waals surface area (Å²) in [7, 11) is 0. The molecule has 0 saturated carbocycles. The normalized spacial score (nSPS) is 14.8. The first-order valence-corrected chi connectivity index (χ1v) is 33.8. The number of nitrogens with zero attached hydrogens (tertiary/aromatic N) is 4. The zero-order valence-electron chi connectivity index (χ0n) is 59.3. The van der Waals surface area contributed by atoms with Gasteiger partial charge in [0, 0.05) is 54.8 Å². The van der Waals surface area contributed by atoms with Crippen LogP contribution in [0.15, 0.2) is 82.6 Å². The third-order valence-corrected chi connectivity index (χ3v) is 17.7. The van der Waals surface area contributed by atoms with Crippen molar-refractivity contribution in [1.29, 1.82) is 0 Å². The minimum Gasteiger partial charge on any atom is -0.480 e. The minimum absolute atomic E-state index is 0.0140. The summed E-state index contributed by atoms with van der Waals surface area (Å²) < 4.78 is 235. The largest absolute Gasteiger partial charge is 0.480 e. The molecule has 2 unspecified atom stereocenters. The van der Waals surface area contributed by atoms with Gasteiger partial charge in [0.05, 0.1) is 54.4 Å². The number of aliphatic carboxylic acids is 1. The molecule has 2 saturated heterocycles. The highest BCUT2D eigenvalue weighted by Crippen LogP contribution is 2.43. The van der Waals surface area contributed by atoms with E-state index < -0.39 is 153 Å². The molecule has 0 bridgehead atoms. The third kappa shape index (κ3) is 22.7. The Bertz CT molecular complexity index is 4170. The molecule has 15 nitrogen and oxygen atoms in total. The number of carboxylic acid groups (broad SMARTS) is 1. The number of nitrogens with two attached hydrogens (primary N) is 1. The van der Waals surface area contributed by atoms with Crippen LogP contribution in [0.3, 0.4) is 0 Å². The van der Waals surface area contributed by atoms with E-state index in [1.165, 1.54) is 39.0 Å². The molecule has 0 radical (unpaired) electrons. The number of hydrogen-bond acceptors (Lipinski definition) is 11. The Hall–Kier alpha value is -8.58. The Labute approximate surface area is 595 Å². The highest BCUT2D eigenvalue weighted by Gasteiger charge is 2.42. The second-order valence-corrected chi connectivity index (χ2v) is 26.8. The van der Waals surface area contributed by atoms with Crippen LogP contribution in [0.4, 0.5) is 70.2 Å². The molecule has 6 aromatic rings. The van der Waals surface area contributed by atoms with Crippen molar-refractivity contribution < 1.29 is 104 Å². The number of hydrogen-bond donors (Lipinski definition) is 3. The van der Waals surface area contributed by atoms with Crippen LogP contribution in [-0.4, -0.2) is 100 Å². The van der Waals surface area contributed by atoms with Gasteiger partial charge in [0.2, 0.25) is 5.91 Å². The van der Waals surface area contributed by atoms with Gasteiger partial charge >= 0.3 is 42.6 Å². The minimum atomic E-state index is -5.24. The number of likely N-dealkylation sites (tertiary alicyclic amines) is 2. The molecule has 0 aliphatic carbocycles. The molecule has 8 rings (SSSR count). The number of nitrogens with one attached hydrogen (secondary N) is 1. The van der Waals surface area contributed by atoms with E-state index in [0.29, 0.717) is 60.6 Å². The van der Waals surface area contributed by atoms with Crippen molar-refractivity contribution >= 4 is 23.8 Å². The van der Waals surface area contributed by atoms with Gasteiger partial charge < -0.3 is 44.6 Å². The summed E-state index contributed by atoms with van der Waals surface area (Å²) in [5.74, 6) is -8.87. The van der Waals surface area contributed by atoms with Crippen LogP contribution in [0, 0.1) is 62.8 Å². The topological polar surface area (TPSA) is 196 Å². The predicted molar refractivity (Wildman–Crippen MR) is 358 cm³/mol. The fourth-order valence-electron chi connectivity index (χ4n) is 12.6. The molecule has 105 heavy (non-hydrogen) atoms. The Kier molecular flexibility index (Phi) is 29.0. The van der Waals surface area contributed by atoms with Crippen molar-refractivity contribution in [2.24, 2.45) is 17.6 Å². The standard InChI is InChI=1S/C37H41F8N3O4.C20H20F5NO2.C17H23F3N2O3/c1-6-52-32(50)18-29(26-15-24(16-28(34(26)39)37(43,44)45)33-21(4)13-25(38)14-22(33)5)46-35(51)30(12-20(2)3)48-19-23(8-11-47-9-7-10-47)27(17-31(48)49)36(40,41)42;1-4-28-17(27)9-16(26)14-7-12(8-15(19(14)22)20(23,24)25)18-10(2)5-13(21)6-11(18)3;1-11(2)8-14(16(24)25)22-10-12(4-7-21-5-3-6-21)13(9-15(22)23)17(18,19)20/h13-17,19-20,29-30H,6-12,18H2,1-5H3,(H,46,51);5-8,16H,4,9,26H2,1-3H3;9-11,14H,3-8H2,1-2H3,(H,24,25)/t29-,30?;16-;/m00./s1. The van der Waals surface area contributed by atoms with Crippen molar-refractivity contribution in [2.45, 2.75) is 169 Å². The van der Waals surface area contributed by atoms with Gasteiger partial charge in [-0.1, -0.05) is 27.7 Å². The molecule has 4 N–H and O–H groups in total. The smallest absolute Gasteiger partial charge is 0.419 e. The number of esters is 2. The van der Waals surface area contributed by atoms with Crippen molar-refractivity contribution in [3.63, 3.8) is 0 Å². The summed E-state index contributed by atoms with van der Waals surface area (Å²) in [4.78, 5) is 79.4. The van der Waals surface area contributed by atoms with E-state index in [4.69, 9.17) is 15.2 Å². The highest BCUT2D eigenvalue weighted by molar-refractivity contribution is 5.82. The summed E-state index contributed by atoms with van der Waals surface area (Å²) >= 11 is 0.